The number of hydrogen-bond acceptors (Lipinski definition) is 5. The fourth-order valence-corrected chi connectivity index (χ4v) is 2.77. The Hall–Kier alpha value is -1.75. The molecule has 1 fully saturated rings. The van der Waals surface area contributed by atoms with Crippen molar-refractivity contribution in [3.8, 4) is 0 Å². The van der Waals surface area contributed by atoms with Crippen LogP contribution >= 0.6 is 0 Å². The highest BCUT2D eigenvalue weighted by Gasteiger charge is 2.18. The average molecular weight is 271 g/mol. The van der Waals surface area contributed by atoms with E-state index in [1.807, 2.05) is 6.07 Å². The van der Waals surface area contributed by atoms with Gasteiger partial charge in [0.15, 0.2) is 5.65 Å². The Morgan fingerprint density at radius 2 is 2.20 bits per heavy atom. The van der Waals surface area contributed by atoms with Gasteiger partial charge >= 0.3 is 0 Å². The van der Waals surface area contributed by atoms with Crippen LogP contribution in [0.25, 0.3) is 11.2 Å². The van der Waals surface area contributed by atoms with E-state index >= 15 is 0 Å². The lowest BCUT2D eigenvalue weighted by atomic mass is 10.2. The van der Waals surface area contributed by atoms with Crippen LogP contribution < -0.4 is 10.2 Å². The number of pyridine rings is 1. The van der Waals surface area contributed by atoms with Crippen molar-refractivity contribution in [2.45, 2.75) is 32.2 Å². The Balaban J connectivity index is 1.83. The van der Waals surface area contributed by atoms with E-state index in [1.54, 1.807) is 12.4 Å². The van der Waals surface area contributed by atoms with Crippen molar-refractivity contribution in [2.24, 2.45) is 0 Å². The van der Waals surface area contributed by atoms with Gasteiger partial charge in [0.2, 0.25) is 0 Å². The zero-order valence-corrected chi connectivity index (χ0v) is 11.9. The van der Waals surface area contributed by atoms with Crippen LogP contribution in [0.15, 0.2) is 24.5 Å². The van der Waals surface area contributed by atoms with Crippen molar-refractivity contribution in [1.82, 2.24) is 20.3 Å². The lowest BCUT2D eigenvalue weighted by molar-refractivity contribution is 0.575. The summed E-state index contributed by atoms with van der Waals surface area (Å²) in [5.41, 5.74) is 1.58. The van der Waals surface area contributed by atoms with Crippen molar-refractivity contribution >= 4 is 17.0 Å². The van der Waals surface area contributed by atoms with Crippen LogP contribution in [-0.2, 0) is 0 Å². The van der Waals surface area contributed by atoms with E-state index in [4.69, 9.17) is 0 Å². The summed E-state index contributed by atoms with van der Waals surface area (Å²) in [6, 6.07) is 4.65. The fraction of sp³-hybridized carbons (Fsp3) is 0.533. The zero-order chi connectivity index (χ0) is 13.8. The van der Waals surface area contributed by atoms with Gasteiger partial charge in [-0.3, -0.25) is 4.98 Å². The van der Waals surface area contributed by atoms with Crippen LogP contribution in [0.4, 0.5) is 5.82 Å². The van der Waals surface area contributed by atoms with Crippen molar-refractivity contribution in [1.29, 1.82) is 0 Å². The Labute approximate surface area is 119 Å². The predicted molar refractivity (Wildman–Crippen MR) is 80.9 cm³/mol. The maximum atomic E-state index is 4.66. The summed E-state index contributed by atoms with van der Waals surface area (Å²) in [6.07, 6.45) is 7.06. The van der Waals surface area contributed by atoms with Gasteiger partial charge in [0.25, 0.3) is 0 Å². The summed E-state index contributed by atoms with van der Waals surface area (Å²) >= 11 is 0. The molecule has 0 aliphatic carbocycles. The van der Waals surface area contributed by atoms with E-state index in [1.165, 1.54) is 12.8 Å². The standard InChI is InChI=1S/C15H21N5/c1-2-10-20(11-12-4-3-7-16-12)14-6-5-13-15(19-14)18-9-8-17-13/h5-6,8-9,12,16H,2-4,7,10-11H2,1H3. The average Bonchev–Trinajstić information content (AvgIpc) is 2.99. The summed E-state index contributed by atoms with van der Waals surface area (Å²) in [4.78, 5) is 15.6. The molecule has 0 radical (unpaired) electrons. The van der Waals surface area contributed by atoms with Gasteiger partial charge in [-0.2, -0.15) is 0 Å². The summed E-state index contributed by atoms with van der Waals surface area (Å²) in [7, 11) is 0. The molecule has 20 heavy (non-hydrogen) atoms. The normalized spacial score (nSPS) is 18.6. The first kappa shape index (κ1) is 13.2. The van der Waals surface area contributed by atoms with Gasteiger partial charge in [-0.15, -0.1) is 0 Å². The van der Waals surface area contributed by atoms with E-state index in [2.05, 4.69) is 38.2 Å². The minimum atomic E-state index is 0.584. The highest BCUT2D eigenvalue weighted by atomic mass is 15.2. The molecule has 2 aromatic heterocycles. The molecular weight excluding hydrogens is 250 g/mol. The van der Waals surface area contributed by atoms with Crippen LogP contribution in [0.2, 0.25) is 0 Å². The number of hydrogen-bond donors (Lipinski definition) is 1. The molecule has 1 saturated heterocycles. The molecule has 1 N–H and O–H groups in total. The van der Waals surface area contributed by atoms with Gasteiger partial charge in [-0.25, -0.2) is 9.97 Å². The van der Waals surface area contributed by atoms with Crippen LogP contribution in [0.3, 0.4) is 0 Å². The molecule has 0 bridgehead atoms. The summed E-state index contributed by atoms with van der Waals surface area (Å²) < 4.78 is 0. The highest BCUT2D eigenvalue weighted by molar-refractivity contribution is 5.71. The van der Waals surface area contributed by atoms with Crippen LogP contribution in [-0.4, -0.2) is 40.6 Å². The fourth-order valence-electron chi connectivity index (χ4n) is 2.77. The second-order valence-corrected chi connectivity index (χ2v) is 5.31. The van der Waals surface area contributed by atoms with Crippen LogP contribution in [0.1, 0.15) is 26.2 Å². The van der Waals surface area contributed by atoms with Crippen LogP contribution in [0.5, 0.6) is 0 Å². The van der Waals surface area contributed by atoms with E-state index in [0.717, 1.165) is 43.0 Å². The molecule has 0 aromatic carbocycles. The topological polar surface area (TPSA) is 53.9 Å². The second-order valence-electron chi connectivity index (χ2n) is 5.31. The van der Waals surface area contributed by atoms with Gasteiger partial charge in [0.1, 0.15) is 11.3 Å². The molecule has 106 valence electrons. The lowest BCUT2D eigenvalue weighted by Gasteiger charge is -2.26. The van der Waals surface area contributed by atoms with Crippen molar-refractivity contribution in [2.75, 3.05) is 24.5 Å². The zero-order valence-electron chi connectivity index (χ0n) is 11.9. The molecule has 0 amide bonds. The summed E-state index contributed by atoms with van der Waals surface area (Å²) in [5.74, 6) is 1.01. The summed E-state index contributed by atoms with van der Waals surface area (Å²) in [6.45, 7) is 5.39. The minimum Gasteiger partial charge on any atom is -0.355 e. The molecule has 3 rings (SSSR count). The number of aromatic nitrogens is 3. The van der Waals surface area contributed by atoms with Crippen molar-refractivity contribution in [3.05, 3.63) is 24.5 Å². The van der Waals surface area contributed by atoms with Gasteiger partial charge in [0.05, 0.1) is 0 Å². The molecule has 5 heteroatoms. The monoisotopic (exact) mass is 271 g/mol. The Bertz CT molecular complexity index is 565. The maximum absolute atomic E-state index is 4.66. The Kier molecular flexibility index (Phi) is 4.06. The quantitative estimate of drug-likeness (QED) is 0.901. The van der Waals surface area contributed by atoms with E-state index in [0.29, 0.717) is 6.04 Å². The first-order valence-corrected chi connectivity index (χ1v) is 7.43. The third-order valence-electron chi connectivity index (χ3n) is 3.74. The number of nitrogens with zero attached hydrogens (tertiary/aromatic N) is 4. The molecule has 1 aliphatic heterocycles. The first-order chi connectivity index (χ1) is 9.86. The molecule has 1 aliphatic rings. The number of rotatable bonds is 5. The Morgan fingerprint density at radius 1 is 1.30 bits per heavy atom. The maximum Gasteiger partial charge on any atom is 0.180 e. The largest absolute Gasteiger partial charge is 0.355 e. The third kappa shape index (κ3) is 2.88. The molecule has 3 heterocycles. The summed E-state index contributed by atoms with van der Waals surface area (Å²) in [5, 5.41) is 3.55. The minimum absolute atomic E-state index is 0.584. The van der Waals surface area contributed by atoms with Crippen LogP contribution in [0, 0.1) is 0 Å². The smallest absolute Gasteiger partial charge is 0.180 e. The number of nitrogens with one attached hydrogen (secondary N) is 1. The van der Waals surface area contributed by atoms with Gasteiger partial charge in [-0.1, -0.05) is 6.92 Å². The highest BCUT2D eigenvalue weighted by Crippen LogP contribution is 2.17. The molecule has 1 atom stereocenters. The van der Waals surface area contributed by atoms with E-state index in [-0.39, 0.29) is 0 Å². The molecule has 0 spiro atoms. The van der Waals surface area contributed by atoms with Crippen molar-refractivity contribution < 1.29 is 0 Å². The third-order valence-corrected chi connectivity index (χ3v) is 3.74. The van der Waals surface area contributed by atoms with E-state index in [9.17, 15) is 0 Å². The number of fused-ring (bicyclic) bond motifs is 1. The molecular formula is C15H21N5. The first-order valence-electron chi connectivity index (χ1n) is 7.43. The molecule has 0 saturated carbocycles. The SMILES string of the molecule is CCCN(CC1CCCN1)c1ccc2nccnc2n1. The molecule has 5 nitrogen and oxygen atoms in total. The molecule has 1 unspecified atom stereocenters. The molecule has 2 aromatic rings. The van der Waals surface area contributed by atoms with E-state index < -0.39 is 0 Å². The lowest BCUT2D eigenvalue weighted by Crippen LogP contribution is -2.38. The number of anilines is 1. The predicted octanol–water partition coefficient (Wildman–Crippen LogP) is 1.99. The van der Waals surface area contributed by atoms with Gasteiger partial charge in [0, 0.05) is 31.5 Å². The van der Waals surface area contributed by atoms with Crippen molar-refractivity contribution in [3.63, 3.8) is 0 Å². The Morgan fingerprint density at radius 3 is 3.00 bits per heavy atom. The van der Waals surface area contributed by atoms with Gasteiger partial charge < -0.3 is 10.2 Å². The second kappa shape index (κ2) is 6.13. The van der Waals surface area contributed by atoms with Gasteiger partial charge in [-0.05, 0) is 37.9 Å².